The first-order valence-corrected chi connectivity index (χ1v) is 5.13. The number of likely N-dealkylation sites (N-methyl/N-ethyl adjacent to an activating group) is 1. The lowest BCUT2D eigenvalue weighted by Crippen LogP contribution is -2.22. The average Bonchev–Trinajstić information content (AvgIpc) is 2.23. The van der Waals surface area contributed by atoms with Crippen molar-refractivity contribution in [3.8, 4) is 0 Å². The summed E-state index contributed by atoms with van der Waals surface area (Å²) in [5, 5.41) is 0. The molecule has 0 aromatic heterocycles. The number of allylic oxidation sites excluding steroid dienone is 1. The molecule has 2 heteroatoms. The highest BCUT2D eigenvalue weighted by molar-refractivity contribution is 5.95. The quantitative estimate of drug-likeness (QED) is 0.494. The van der Waals surface area contributed by atoms with Crippen LogP contribution < -0.4 is 0 Å². The Morgan fingerprint density at radius 1 is 1.14 bits per heavy atom. The second kappa shape index (κ2) is 14.5. The Balaban J connectivity index is -0.000000266. The molecular formula is C12H25NO. The topological polar surface area (TPSA) is 20.3 Å². The molecule has 0 saturated heterocycles. The molecule has 0 aromatic rings. The van der Waals surface area contributed by atoms with Gasteiger partial charge < -0.3 is 4.90 Å². The van der Waals surface area contributed by atoms with Gasteiger partial charge in [-0.25, -0.2) is 0 Å². The van der Waals surface area contributed by atoms with Crippen molar-refractivity contribution in [1.82, 2.24) is 4.90 Å². The van der Waals surface area contributed by atoms with Crippen molar-refractivity contribution in [2.24, 2.45) is 0 Å². The molecule has 0 heterocycles. The second-order valence-electron chi connectivity index (χ2n) is 2.22. The summed E-state index contributed by atoms with van der Waals surface area (Å²) in [4.78, 5) is 12.5. The van der Waals surface area contributed by atoms with Crippen LogP contribution in [0.3, 0.4) is 0 Å². The van der Waals surface area contributed by atoms with Crippen LogP contribution in [0, 0.1) is 0 Å². The van der Waals surface area contributed by atoms with Crippen LogP contribution in [-0.2, 0) is 4.79 Å². The Morgan fingerprint density at radius 2 is 1.50 bits per heavy atom. The van der Waals surface area contributed by atoms with E-state index in [9.17, 15) is 4.79 Å². The number of hydrogen-bond donors (Lipinski definition) is 0. The van der Waals surface area contributed by atoms with E-state index in [2.05, 4.69) is 6.58 Å². The number of nitrogens with zero attached hydrogens (tertiary/aromatic N) is 1. The van der Waals surface area contributed by atoms with E-state index >= 15 is 0 Å². The number of carbonyl (C=O) groups excluding carboxylic acids is 1. The van der Waals surface area contributed by atoms with Gasteiger partial charge >= 0.3 is 0 Å². The van der Waals surface area contributed by atoms with Crippen LogP contribution in [0.5, 0.6) is 0 Å². The van der Waals surface area contributed by atoms with Gasteiger partial charge in [0.15, 0.2) is 0 Å². The number of hydrogen-bond acceptors (Lipinski definition) is 1. The molecule has 0 rings (SSSR count). The highest BCUT2D eigenvalue weighted by Crippen LogP contribution is 1.96. The van der Waals surface area contributed by atoms with E-state index in [1.54, 1.807) is 26.2 Å². The molecule has 1 amide bonds. The molecule has 0 aliphatic heterocycles. The zero-order valence-electron chi connectivity index (χ0n) is 10.7. The van der Waals surface area contributed by atoms with Crippen molar-refractivity contribution in [3.63, 3.8) is 0 Å². The summed E-state index contributed by atoms with van der Waals surface area (Å²) in [7, 11) is 3.41. The fourth-order valence-electron chi connectivity index (χ4n) is 0.560. The van der Waals surface area contributed by atoms with Crippen molar-refractivity contribution >= 4 is 5.91 Å². The van der Waals surface area contributed by atoms with Gasteiger partial charge in [0.2, 0.25) is 0 Å². The number of carbonyl (C=O) groups is 1. The summed E-state index contributed by atoms with van der Waals surface area (Å²) < 4.78 is 0. The van der Waals surface area contributed by atoms with Crippen molar-refractivity contribution in [2.75, 3.05) is 14.1 Å². The van der Waals surface area contributed by atoms with Gasteiger partial charge in [-0.2, -0.15) is 0 Å². The van der Waals surface area contributed by atoms with Crippen LogP contribution in [0.2, 0.25) is 0 Å². The Labute approximate surface area is 89.3 Å². The molecule has 0 unspecified atom stereocenters. The van der Waals surface area contributed by atoms with Gasteiger partial charge in [0.25, 0.3) is 5.91 Å². The van der Waals surface area contributed by atoms with Gasteiger partial charge in [0.05, 0.1) is 0 Å². The standard InChI is InChI=1S/C8H13NO.2C2H6/c1-5-6-7(2)8(10)9(3)4;2*1-2/h5-6H,2H2,1,3-4H3;2*1-2H3/b6-5-;;. The average molecular weight is 199 g/mol. The minimum atomic E-state index is -0.0434. The smallest absolute Gasteiger partial charge is 0.252 e. The minimum absolute atomic E-state index is 0.0434. The summed E-state index contributed by atoms with van der Waals surface area (Å²) in [5.74, 6) is -0.0434. The summed E-state index contributed by atoms with van der Waals surface area (Å²) in [6.07, 6.45) is 3.49. The maximum Gasteiger partial charge on any atom is 0.252 e. The molecule has 0 fully saturated rings. The van der Waals surface area contributed by atoms with Gasteiger partial charge in [0, 0.05) is 19.7 Å². The highest BCUT2D eigenvalue weighted by atomic mass is 16.2. The van der Waals surface area contributed by atoms with E-state index in [4.69, 9.17) is 0 Å². The Bertz CT molecular complexity index is 169. The number of amides is 1. The normalized spacial score (nSPS) is 7.93. The van der Waals surface area contributed by atoms with Gasteiger partial charge in [-0.1, -0.05) is 46.4 Å². The molecule has 0 N–H and O–H groups in total. The fraction of sp³-hybridized carbons (Fsp3) is 0.583. The van der Waals surface area contributed by atoms with Gasteiger partial charge in [-0.15, -0.1) is 0 Å². The maximum atomic E-state index is 11.0. The van der Waals surface area contributed by atoms with Crippen molar-refractivity contribution < 1.29 is 4.79 Å². The third-order valence-corrected chi connectivity index (χ3v) is 1.05. The van der Waals surface area contributed by atoms with Crippen LogP contribution in [0.25, 0.3) is 0 Å². The largest absolute Gasteiger partial charge is 0.345 e. The molecule has 0 aromatic carbocycles. The first-order valence-electron chi connectivity index (χ1n) is 5.13. The van der Waals surface area contributed by atoms with Crippen molar-refractivity contribution in [1.29, 1.82) is 0 Å². The molecule has 0 atom stereocenters. The zero-order chi connectivity index (χ0) is 12.1. The van der Waals surface area contributed by atoms with E-state index in [1.807, 2.05) is 34.6 Å². The molecule has 84 valence electrons. The minimum Gasteiger partial charge on any atom is -0.345 e. The highest BCUT2D eigenvalue weighted by Gasteiger charge is 2.03. The lowest BCUT2D eigenvalue weighted by molar-refractivity contribution is -0.124. The van der Waals surface area contributed by atoms with Gasteiger partial charge in [0.1, 0.15) is 0 Å². The molecule has 14 heavy (non-hydrogen) atoms. The van der Waals surface area contributed by atoms with Crippen molar-refractivity contribution in [3.05, 3.63) is 24.3 Å². The zero-order valence-corrected chi connectivity index (χ0v) is 10.7. The lowest BCUT2D eigenvalue weighted by atomic mass is 10.2. The predicted molar refractivity (Wildman–Crippen MR) is 65.3 cm³/mol. The third-order valence-electron chi connectivity index (χ3n) is 1.05. The van der Waals surface area contributed by atoms with E-state index < -0.39 is 0 Å². The van der Waals surface area contributed by atoms with E-state index in [1.165, 1.54) is 4.90 Å². The van der Waals surface area contributed by atoms with Gasteiger partial charge in [-0.05, 0) is 6.92 Å². The summed E-state index contributed by atoms with van der Waals surface area (Å²) >= 11 is 0. The molecule has 0 spiro atoms. The third kappa shape index (κ3) is 11.0. The summed E-state index contributed by atoms with van der Waals surface area (Å²) in [6.45, 7) is 13.4. The van der Waals surface area contributed by atoms with Crippen molar-refractivity contribution in [2.45, 2.75) is 34.6 Å². The van der Waals surface area contributed by atoms with E-state index in [0.29, 0.717) is 5.57 Å². The van der Waals surface area contributed by atoms with Crippen LogP contribution in [0.1, 0.15) is 34.6 Å². The molecule has 0 bridgehead atoms. The Hall–Kier alpha value is -1.05. The Morgan fingerprint density at radius 3 is 1.71 bits per heavy atom. The Kier molecular flexibility index (Phi) is 19.3. The molecule has 2 nitrogen and oxygen atoms in total. The van der Waals surface area contributed by atoms with Crippen LogP contribution in [0.15, 0.2) is 24.3 Å². The maximum absolute atomic E-state index is 11.0. The molecule has 0 aliphatic rings. The van der Waals surface area contributed by atoms with Gasteiger partial charge in [-0.3, -0.25) is 4.79 Å². The first-order chi connectivity index (χ1) is 6.59. The molecule has 0 radical (unpaired) electrons. The summed E-state index contributed by atoms with van der Waals surface area (Å²) in [5.41, 5.74) is 0.521. The molecular weight excluding hydrogens is 174 g/mol. The SMILES string of the molecule is C=C(/C=C\C)C(=O)N(C)C.CC.CC. The van der Waals surface area contributed by atoms with E-state index in [-0.39, 0.29) is 5.91 Å². The first kappa shape index (κ1) is 18.7. The fourth-order valence-corrected chi connectivity index (χ4v) is 0.560. The lowest BCUT2D eigenvalue weighted by Gasteiger charge is -2.08. The predicted octanol–water partition coefficient (Wildman–Crippen LogP) is 3.26. The summed E-state index contributed by atoms with van der Waals surface area (Å²) in [6, 6.07) is 0. The second-order valence-corrected chi connectivity index (χ2v) is 2.22. The monoisotopic (exact) mass is 199 g/mol. The van der Waals surface area contributed by atoms with E-state index in [0.717, 1.165) is 0 Å². The van der Waals surface area contributed by atoms with Crippen LogP contribution in [0.4, 0.5) is 0 Å². The number of rotatable bonds is 2. The van der Waals surface area contributed by atoms with Crippen LogP contribution >= 0.6 is 0 Å². The molecule has 0 saturated carbocycles. The van der Waals surface area contributed by atoms with Crippen LogP contribution in [-0.4, -0.2) is 24.9 Å². The molecule has 0 aliphatic carbocycles.